The number of nitrogens with zero attached hydrogens (tertiary/aromatic N) is 4. The van der Waals surface area contributed by atoms with Crippen LogP contribution in [0, 0.1) is 0 Å². The van der Waals surface area contributed by atoms with Gasteiger partial charge in [-0.25, -0.2) is 0 Å². The maximum Gasteiger partial charge on any atom is 0.233 e. The van der Waals surface area contributed by atoms with Gasteiger partial charge >= 0.3 is 0 Å². The Hall–Kier alpha value is -2.87. The number of tetrazole rings is 1. The molecule has 0 fully saturated rings. The van der Waals surface area contributed by atoms with E-state index >= 15 is 0 Å². The number of aromatic nitrogens is 4. The van der Waals surface area contributed by atoms with Gasteiger partial charge in [0.15, 0.2) is 5.82 Å². The molecule has 0 unspecified atom stereocenters. The van der Waals surface area contributed by atoms with Crippen molar-refractivity contribution in [2.75, 3.05) is 5.75 Å². The highest BCUT2D eigenvalue weighted by molar-refractivity contribution is 7.84. The standard InChI is InChI=1S/C18H19N5O2S/c1-14(15-8-4-2-5-9-15)19-18(24)13-26(25)12-17-20-21-22-23(17)16-10-6-3-7-11-16/h2-11,14H,12-13H2,1H3,(H,19,24)/t14-,26+/m0/s1. The highest BCUT2D eigenvalue weighted by Crippen LogP contribution is 2.11. The lowest BCUT2D eigenvalue weighted by atomic mass is 10.1. The van der Waals surface area contributed by atoms with Crippen molar-refractivity contribution in [3.05, 3.63) is 72.1 Å². The number of para-hydroxylation sites is 1. The van der Waals surface area contributed by atoms with Gasteiger partial charge in [-0.3, -0.25) is 9.00 Å². The number of rotatable bonds is 7. The molecule has 0 saturated carbocycles. The Morgan fingerprint density at radius 2 is 1.77 bits per heavy atom. The fraction of sp³-hybridized carbons (Fsp3) is 0.222. The van der Waals surface area contributed by atoms with Crippen LogP contribution in [0.3, 0.4) is 0 Å². The predicted octanol–water partition coefficient (Wildman–Crippen LogP) is 1.79. The van der Waals surface area contributed by atoms with Crippen LogP contribution in [0.15, 0.2) is 60.7 Å². The Bertz CT molecular complexity index is 883. The molecule has 26 heavy (non-hydrogen) atoms. The van der Waals surface area contributed by atoms with Gasteiger partial charge in [0.1, 0.15) is 5.75 Å². The summed E-state index contributed by atoms with van der Waals surface area (Å²) in [6, 6.07) is 18.8. The first-order valence-corrected chi connectivity index (χ1v) is 9.64. The monoisotopic (exact) mass is 369 g/mol. The Balaban J connectivity index is 1.58. The van der Waals surface area contributed by atoms with Gasteiger partial charge in [0.2, 0.25) is 5.91 Å². The topological polar surface area (TPSA) is 89.8 Å². The maximum atomic E-state index is 12.4. The molecule has 0 bridgehead atoms. The van der Waals surface area contributed by atoms with Gasteiger partial charge in [0.25, 0.3) is 0 Å². The molecule has 1 amide bonds. The Kier molecular flexibility index (Phi) is 5.85. The minimum absolute atomic E-state index is 0.0984. The second-order valence-electron chi connectivity index (χ2n) is 5.77. The second-order valence-corrected chi connectivity index (χ2v) is 7.23. The number of hydrogen-bond donors (Lipinski definition) is 1. The van der Waals surface area contributed by atoms with Gasteiger partial charge < -0.3 is 5.32 Å². The molecule has 7 nitrogen and oxygen atoms in total. The average Bonchev–Trinajstić information content (AvgIpc) is 3.11. The summed E-state index contributed by atoms with van der Waals surface area (Å²) in [7, 11) is -1.41. The van der Waals surface area contributed by atoms with E-state index < -0.39 is 10.8 Å². The molecule has 0 aliphatic heterocycles. The zero-order valence-electron chi connectivity index (χ0n) is 14.3. The summed E-state index contributed by atoms with van der Waals surface area (Å²) in [5, 5.41) is 14.4. The van der Waals surface area contributed by atoms with Crippen LogP contribution < -0.4 is 5.32 Å². The molecule has 1 N–H and O–H groups in total. The van der Waals surface area contributed by atoms with Crippen molar-refractivity contribution in [3.8, 4) is 5.69 Å². The van der Waals surface area contributed by atoms with Gasteiger partial charge in [-0.15, -0.1) is 5.10 Å². The summed E-state index contributed by atoms with van der Waals surface area (Å²) >= 11 is 0. The average molecular weight is 369 g/mol. The smallest absolute Gasteiger partial charge is 0.233 e. The van der Waals surface area contributed by atoms with Gasteiger partial charge in [-0.2, -0.15) is 4.68 Å². The van der Waals surface area contributed by atoms with Gasteiger partial charge in [0, 0.05) is 10.8 Å². The predicted molar refractivity (Wildman–Crippen MR) is 98.9 cm³/mol. The first-order valence-electron chi connectivity index (χ1n) is 8.15. The molecule has 1 heterocycles. The molecule has 0 aliphatic carbocycles. The van der Waals surface area contributed by atoms with Crippen LogP contribution in [0.4, 0.5) is 0 Å². The summed E-state index contributed by atoms with van der Waals surface area (Å²) < 4.78 is 13.9. The molecule has 0 saturated heterocycles. The van der Waals surface area contributed by atoms with Crippen molar-refractivity contribution < 1.29 is 9.00 Å². The van der Waals surface area contributed by atoms with Crippen LogP contribution in [0.2, 0.25) is 0 Å². The summed E-state index contributed by atoms with van der Waals surface area (Å²) in [4.78, 5) is 12.2. The molecule has 0 aliphatic rings. The number of amides is 1. The summed E-state index contributed by atoms with van der Waals surface area (Å²) in [5.74, 6) is 0.199. The van der Waals surface area contributed by atoms with Crippen LogP contribution in [0.1, 0.15) is 24.4 Å². The van der Waals surface area contributed by atoms with Crippen molar-refractivity contribution in [3.63, 3.8) is 0 Å². The lowest BCUT2D eigenvalue weighted by Gasteiger charge is -2.14. The largest absolute Gasteiger partial charge is 0.349 e. The lowest BCUT2D eigenvalue weighted by molar-refractivity contribution is -0.119. The van der Waals surface area contributed by atoms with Crippen LogP contribution in [-0.2, 0) is 21.3 Å². The van der Waals surface area contributed by atoms with E-state index in [-0.39, 0.29) is 23.5 Å². The quantitative estimate of drug-likeness (QED) is 0.686. The van der Waals surface area contributed by atoms with E-state index in [1.54, 1.807) is 0 Å². The van der Waals surface area contributed by atoms with Gasteiger partial charge in [-0.1, -0.05) is 48.5 Å². The zero-order chi connectivity index (χ0) is 18.4. The normalized spacial score (nSPS) is 13.1. The number of carbonyl (C=O) groups excluding carboxylic acids is 1. The van der Waals surface area contributed by atoms with Crippen molar-refractivity contribution in [1.82, 2.24) is 25.5 Å². The van der Waals surface area contributed by atoms with Crippen molar-refractivity contribution in [2.45, 2.75) is 18.7 Å². The van der Waals surface area contributed by atoms with Crippen LogP contribution >= 0.6 is 0 Å². The van der Waals surface area contributed by atoms with Crippen LogP contribution in [-0.4, -0.2) is 36.1 Å². The lowest BCUT2D eigenvalue weighted by Crippen LogP contribution is -2.31. The van der Waals surface area contributed by atoms with Crippen molar-refractivity contribution in [2.24, 2.45) is 0 Å². The zero-order valence-corrected chi connectivity index (χ0v) is 15.1. The fourth-order valence-corrected chi connectivity index (χ4v) is 3.46. The first kappa shape index (κ1) is 17.9. The molecule has 0 radical (unpaired) electrons. The molecular formula is C18H19N5O2S. The second kappa shape index (κ2) is 8.48. The third-order valence-electron chi connectivity index (χ3n) is 3.79. The summed E-state index contributed by atoms with van der Waals surface area (Å²) in [5.41, 5.74) is 1.78. The Morgan fingerprint density at radius 1 is 1.12 bits per heavy atom. The number of benzene rings is 2. The third kappa shape index (κ3) is 4.60. The van der Waals surface area contributed by atoms with E-state index in [0.29, 0.717) is 5.82 Å². The summed E-state index contributed by atoms with van der Waals surface area (Å²) in [6.45, 7) is 1.89. The minimum Gasteiger partial charge on any atom is -0.349 e. The molecule has 0 spiro atoms. The van der Waals surface area contributed by atoms with Crippen molar-refractivity contribution in [1.29, 1.82) is 0 Å². The Morgan fingerprint density at radius 3 is 2.46 bits per heavy atom. The SMILES string of the molecule is C[C@H](NC(=O)C[S@](=O)Cc1nnnn1-c1ccccc1)c1ccccc1. The molecule has 2 aromatic carbocycles. The molecule has 1 aromatic heterocycles. The van der Waals surface area contributed by atoms with E-state index in [1.807, 2.05) is 67.6 Å². The third-order valence-corrected chi connectivity index (χ3v) is 4.96. The maximum absolute atomic E-state index is 12.4. The number of hydrogen-bond acceptors (Lipinski definition) is 5. The van der Waals surface area contributed by atoms with E-state index in [4.69, 9.17) is 0 Å². The number of nitrogens with one attached hydrogen (secondary N) is 1. The van der Waals surface area contributed by atoms with E-state index in [1.165, 1.54) is 4.68 Å². The molecule has 3 rings (SSSR count). The first-order chi connectivity index (χ1) is 12.6. The molecule has 8 heteroatoms. The Labute approximate surface area is 153 Å². The van der Waals surface area contributed by atoms with Crippen LogP contribution in [0.25, 0.3) is 5.69 Å². The van der Waals surface area contributed by atoms with Gasteiger partial charge in [0.05, 0.1) is 17.5 Å². The summed E-state index contributed by atoms with van der Waals surface area (Å²) in [6.07, 6.45) is 0. The fourth-order valence-electron chi connectivity index (χ4n) is 2.51. The van der Waals surface area contributed by atoms with E-state index in [0.717, 1.165) is 11.3 Å². The van der Waals surface area contributed by atoms with E-state index in [2.05, 4.69) is 20.8 Å². The van der Waals surface area contributed by atoms with Gasteiger partial charge in [-0.05, 0) is 35.0 Å². The molecule has 3 aromatic rings. The van der Waals surface area contributed by atoms with Crippen LogP contribution in [0.5, 0.6) is 0 Å². The molecule has 134 valence electrons. The van der Waals surface area contributed by atoms with E-state index in [9.17, 15) is 9.00 Å². The highest BCUT2D eigenvalue weighted by Gasteiger charge is 2.16. The minimum atomic E-state index is -1.41. The number of carbonyl (C=O) groups is 1. The molecule has 2 atom stereocenters. The molecular weight excluding hydrogens is 350 g/mol. The highest BCUT2D eigenvalue weighted by atomic mass is 32.2. The van der Waals surface area contributed by atoms with Crippen molar-refractivity contribution >= 4 is 16.7 Å².